The number of para-hydroxylation sites is 1. The van der Waals surface area contributed by atoms with Gasteiger partial charge >= 0.3 is 6.18 Å². The molecule has 0 aliphatic rings. The summed E-state index contributed by atoms with van der Waals surface area (Å²) in [7, 11) is 1.76. The number of benzene rings is 2. The van der Waals surface area contributed by atoms with Gasteiger partial charge in [0.2, 0.25) is 0 Å². The van der Waals surface area contributed by atoms with Gasteiger partial charge in [0.25, 0.3) is 0 Å². The number of alkyl halides is 3. The molecular formula is C16H11F3N4. The molecule has 0 aliphatic carbocycles. The average Bonchev–Trinajstić information content (AvgIpc) is 3.05. The van der Waals surface area contributed by atoms with E-state index in [1.165, 1.54) is 12.1 Å². The molecule has 0 aliphatic heterocycles. The van der Waals surface area contributed by atoms with Gasteiger partial charge in [-0.15, -0.1) is 5.10 Å². The lowest BCUT2D eigenvalue weighted by atomic mass is 10.2. The number of aromatic nitrogens is 4. The number of aryl methyl sites for hydroxylation is 1. The van der Waals surface area contributed by atoms with E-state index in [9.17, 15) is 13.2 Å². The van der Waals surface area contributed by atoms with Gasteiger partial charge in [0, 0.05) is 18.1 Å². The Morgan fingerprint density at radius 3 is 2.35 bits per heavy atom. The SMILES string of the molecule is Cn1nnc2c3ccccc3n(-c3ccc(C(F)(F)F)cc3)c21. The van der Waals surface area contributed by atoms with E-state index in [4.69, 9.17) is 0 Å². The van der Waals surface area contributed by atoms with Crippen molar-refractivity contribution in [2.24, 2.45) is 7.05 Å². The average molecular weight is 316 g/mol. The summed E-state index contributed by atoms with van der Waals surface area (Å²) in [6, 6.07) is 12.7. The van der Waals surface area contributed by atoms with Crippen molar-refractivity contribution in [2.45, 2.75) is 6.18 Å². The molecule has 0 radical (unpaired) electrons. The number of halogens is 3. The van der Waals surface area contributed by atoms with Crippen molar-refractivity contribution in [3.05, 3.63) is 54.1 Å². The van der Waals surface area contributed by atoms with Crippen LogP contribution in [0.25, 0.3) is 27.8 Å². The Labute approximate surface area is 128 Å². The zero-order valence-corrected chi connectivity index (χ0v) is 12.0. The van der Waals surface area contributed by atoms with E-state index in [-0.39, 0.29) is 0 Å². The van der Waals surface area contributed by atoms with E-state index in [0.29, 0.717) is 5.69 Å². The first-order valence-electron chi connectivity index (χ1n) is 6.93. The van der Waals surface area contributed by atoms with Gasteiger partial charge in [0.1, 0.15) is 5.52 Å². The molecule has 2 aromatic heterocycles. The molecule has 0 unspecified atom stereocenters. The van der Waals surface area contributed by atoms with E-state index < -0.39 is 11.7 Å². The van der Waals surface area contributed by atoms with Crippen LogP contribution in [0.1, 0.15) is 5.56 Å². The van der Waals surface area contributed by atoms with Gasteiger partial charge in [-0.1, -0.05) is 23.4 Å². The predicted octanol–water partition coefficient (Wildman–Crippen LogP) is 3.93. The molecule has 0 fully saturated rings. The largest absolute Gasteiger partial charge is 0.416 e. The van der Waals surface area contributed by atoms with Gasteiger partial charge in [0.05, 0.1) is 11.1 Å². The highest BCUT2D eigenvalue weighted by molar-refractivity contribution is 6.05. The third kappa shape index (κ3) is 2.00. The molecule has 0 bridgehead atoms. The summed E-state index contributed by atoms with van der Waals surface area (Å²) in [6.07, 6.45) is -4.35. The fourth-order valence-corrected chi connectivity index (χ4v) is 2.82. The molecule has 0 N–H and O–H groups in total. The maximum absolute atomic E-state index is 12.8. The second kappa shape index (κ2) is 4.58. The topological polar surface area (TPSA) is 35.6 Å². The standard InChI is InChI=1S/C16H11F3N4/c1-22-15-14(20-21-22)12-4-2-3-5-13(12)23(15)11-8-6-10(7-9-11)16(17,18)19/h2-9H,1H3. The minimum absolute atomic E-state index is 0.634. The highest BCUT2D eigenvalue weighted by Crippen LogP contribution is 2.33. The van der Waals surface area contributed by atoms with Crippen LogP contribution in [0.15, 0.2) is 48.5 Å². The van der Waals surface area contributed by atoms with Crippen LogP contribution >= 0.6 is 0 Å². The minimum atomic E-state index is -4.35. The van der Waals surface area contributed by atoms with Gasteiger partial charge in [-0.2, -0.15) is 13.2 Å². The molecule has 4 aromatic rings. The van der Waals surface area contributed by atoms with Gasteiger partial charge in [-0.25, -0.2) is 4.68 Å². The molecule has 116 valence electrons. The minimum Gasteiger partial charge on any atom is -0.293 e. The number of nitrogens with zero attached hydrogens (tertiary/aromatic N) is 4. The van der Waals surface area contributed by atoms with Crippen molar-refractivity contribution in [1.29, 1.82) is 0 Å². The first-order valence-corrected chi connectivity index (χ1v) is 6.93. The lowest BCUT2D eigenvalue weighted by Gasteiger charge is -2.10. The van der Waals surface area contributed by atoms with Crippen molar-refractivity contribution < 1.29 is 13.2 Å². The third-order valence-corrected chi connectivity index (χ3v) is 3.86. The highest BCUT2D eigenvalue weighted by Gasteiger charge is 2.30. The Balaban J connectivity index is 2.02. The molecule has 2 aromatic carbocycles. The van der Waals surface area contributed by atoms with Crippen molar-refractivity contribution >= 4 is 22.1 Å². The Morgan fingerprint density at radius 2 is 1.65 bits per heavy atom. The quantitative estimate of drug-likeness (QED) is 0.533. The van der Waals surface area contributed by atoms with E-state index in [0.717, 1.165) is 34.2 Å². The van der Waals surface area contributed by atoms with Crippen LogP contribution < -0.4 is 0 Å². The molecule has 0 saturated heterocycles. The molecule has 0 saturated carbocycles. The monoisotopic (exact) mass is 316 g/mol. The molecular weight excluding hydrogens is 305 g/mol. The summed E-state index contributed by atoms with van der Waals surface area (Å²) in [5, 5.41) is 9.09. The summed E-state index contributed by atoms with van der Waals surface area (Å²) in [4.78, 5) is 0. The summed E-state index contributed by atoms with van der Waals surface area (Å²) in [5.41, 5.74) is 2.31. The lowest BCUT2D eigenvalue weighted by Crippen LogP contribution is -2.05. The summed E-state index contributed by atoms with van der Waals surface area (Å²) in [5.74, 6) is 0. The number of fused-ring (bicyclic) bond motifs is 3. The van der Waals surface area contributed by atoms with Crippen LogP contribution in [0, 0.1) is 0 Å². The van der Waals surface area contributed by atoms with Gasteiger partial charge < -0.3 is 0 Å². The summed E-state index contributed by atoms with van der Waals surface area (Å²) >= 11 is 0. The predicted molar refractivity (Wildman–Crippen MR) is 80.3 cm³/mol. The van der Waals surface area contributed by atoms with Crippen LogP contribution in [0.2, 0.25) is 0 Å². The van der Waals surface area contributed by atoms with Crippen molar-refractivity contribution in [1.82, 2.24) is 19.6 Å². The fraction of sp³-hybridized carbons (Fsp3) is 0.125. The Bertz CT molecular complexity index is 1010. The number of hydrogen-bond acceptors (Lipinski definition) is 2. The Morgan fingerprint density at radius 1 is 0.957 bits per heavy atom. The molecule has 0 amide bonds. The van der Waals surface area contributed by atoms with Crippen molar-refractivity contribution in [3.63, 3.8) is 0 Å². The summed E-state index contributed by atoms with van der Waals surface area (Å²) in [6.45, 7) is 0. The molecule has 0 spiro atoms. The van der Waals surface area contributed by atoms with Crippen LogP contribution in [0.4, 0.5) is 13.2 Å². The fourth-order valence-electron chi connectivity index (χ4n) is 2.82. The normalized spacial score (nSPS) is 12.3. The van der Waals surface area contributed by atoms with Crippen LogP contribution in [-0.2, 0) is 13.2 Å². The second-order valence-corrected chi connectivity index (χ2v) is 5.28. The van der Waals surface area contributed by atoms with E-state index in [2.05, 4.69) is 10.3 Å². The Kier molecular flexibility index (Phi) is 2.75. The van der Waals surface area contributed by atoms with E-state index >= 15 is 0 Å². The molecule has 0 atom stereocenters. The third-order valence-electron chi connectivity index (χ3n) is 3.86. The Hall–Kier alpha value is -2.83. The molecule has 4 nitrogen and oxygen atoms in total. The number of rotatable bonds is 1. The molecule has 2 heterocycles. The maximum atomic E-state index is 12.8. The second-order valence-electron chi connectivity index (χ2n) is 5.28. The lowest BCUT2D eigenvalue weighted by molar-refractivity contribution is -0.137. The smallest absolute Gasteiger partial charge is 0.293 e. The van der Waals surface area contributed by atoms with Crippen LogP contribution in [-0.4, -0.2) is 19.6 Å². The molecule has 4 rings (SSSR count). The van der Waals surface area contributed by atoms with Crippen molar-refractivity contribution in [3.8, 4) is 5.69 Å². The summed E-state index contributed by atoms with van der Waals surface area (Å²) < 4.78 is 41.7. The molecule has 23 heavy (non-hydrogen) atoms. The number of hydrogen-bond donors (Lipinski definition) is 0. The first-order chi connectivity index (χ1) is 11.0. The first kappa shape index (κ1) is 13.8. The van der Waals surface area contributed by atoms with E-state index in [1.807, 2.05) is 28.8 Å². The highest BCUT2D eigenvalue weighted by atomic mass is 19.4. The van der Waals surface area contributed by atoms with Gasteiger partial charge in [-0.3, -0.25) is 4.57 Å². The maximum Gasteiger partial charge on any atom is 0.416 e. The molecule has 7 heteroatoms. The van der Waals surface area contributed by atoms with Gasteiger partial charge in [-0.05, 0) is 30.3 Å². The van der Waals surface area contributed by atoms with Gasteiger partial charge in [0.15, 0.2) is 5.65 Å². The zero-order chi connectivity index (χ0) is 16.2. The van der Waals surface area contributed by atoms with Crippen LogP contribution in [0.5, 0.6) is 0 Å². The zero-order valence-electron chi connectivity index (χ0n) is 12.0. The van der Waals surface area contributed by atoms with Crippen molar-refractivity contribution in [2.75, 3.05) is 0 Å². The van der Waals surface area contributed by atoms with E-state index in [1.54, 1.807) is 11.7 Å². The van der Waals surface area contributed by atoms with Crippen LogP contribution in [0.3, 0.4) is 0 Å².